The first-order valence-corrected chi connectivity index (χ1v) is 8.95. The van der Waals surface area contributed by atoms with Gasteiger partial charge >= 0.3 is 0 Å². The molecular formula is C13H23N5O3S. The van der Waals surface area contributed by atoms with Gasteiger partial charge in [-0.05, 0) is 26.6 Å². The lowest BCUT2D eigenvalue weighted by molar-refractivity contribution is -0.132. The highest BCUT2D eigenvalue weighted by Gasteiger charge is 2.22. The average molecular weight is 329 g/mol. The molecule has 1 aromatic heterocycles. The van der Waals surface area contributed by atoms with Crippen molar-refractivity contribution in [1.29, 1.82) is 0 Å². The first kappa shape index (κ1) is 16.9. The third-order valence-corrected chi connectivity index (χ3v) is 4.36. The van der Waals surface area contributed by atoms with Gasteiger partial charge in [-0.1, -0.05) is 0 Å². The van der Waals surface area contributed by atoms with Crippen LogP contribution in [0.1, 0.15) is 24.2 Å². The van der Waals surface area contributed by atoms with E-state index in [9.17, 15) is 13.2 Å². The van der Waals surface area contributed by atoms with Crippen molar-refractivity contribution >= 4 is 15.9 Å². The van der Waals surface area contributed by atoms with Crippen LogP contribution in [0.15, 0.2) is 6.07 Å². The van der Waals surface area contributed by atoms with Gasteiger partial charge in [-0.15, -0.1) is 0 Å². The number of carbonyl (C=O) groups excluding carboxylic acids is 1. The Hall–Kier alpha value is -1.45. The smallest absolute Gasteiger partial charge is 0.223 e. The molecule has 9 heteroatoms. The second kappa shape index (κ2) is 6.76. The van der Waals surface area contributed by atoms with Gasteiger partial charge in [-0.2, -0.15) is 5.10 Å². The van der Waals surface area contributed by atoms with Crippen molar-refractivity contribution in [3.63, 3.8) is 0 Å². The third-order valence-electron chi connectivity index (χ3n) is 3.50. The van der Waals surface area contributed by atoms with Gasteiger partial charge in [0.25, 0.3) is 0 Å². The highest BCUT2D eigenvalue weighted by atomic mass is 32.2. The van der Waals surface area contributed by atoms with Gasteiger partial charge in [0.1, 0.15) is 0 Å². The second-order valence-corrected chi connectivity index (χ2v) is 7.61. The predicted molar refractivity (Wildman–Crippen MR) is 82.2 cm³/mol. The maximum atomic E-state index is 12.1. The Labute approximate surface area is 130 Å². The van der Waals surface area contributed by atoms with Gasteiger partial charge in [-0.3, -0.25) is 9.48 Å². The zero-order valence-electron chi connectivity index (χ0n) is 13.0. The molecule has 0 saturated carbocycles. The molecule has 0 spiro atoms. The van der Waals surface area contributed by atoms with E-state index in [1.807, 2.05) is 29.7 Å². The summed E-state index contributed by atoms with van der Waals surface area (Å²) in [4.78, 5) is 15.9. The van der Waals surface area contributed by atoms with E-state index in [0.29, 0.717) is 19.6 Å². The topological polar surface area (TPSA) is 102 Å². The minimum Gasteiger partial charge on any atom is -0.335 e. The maximum Gasteiger partial charge on any atom is 0.223 e. The molecule has 2 N–H and O–H groups in total. The Balaban J connectivity index is 1.91. The van der Waals surface area contributed by atoms with E-state index in [2.05, 4.69) is 5.10 Å². The van der Waals surface area contributed by atoms with Crippen molar-refractivity contribution in [1.82, 2.24) is 19.6 Å². The molecule has 124 valence electrons. The van der Waals surface area contributed by atoms with Crippen molar-refractivity contribution in [3.8, 4) is 0 Å². The number of fused-ring (bicyclic) bond motifs is 1. The Morgan fingerprint density at radius 1 is 1.41 bits per heavy atom. The highest BCUT2D eigenvalue weighted by molar-refractivity contribution is 7.89. The largest absolute Gasteiger partial charge is 0.335 e. The van der Waals surface area contributed by atoms with Crippen LogP contribution in [0.2, 0.25) is 0 Å². The Morgan fingerprint density at radius 3 is 2.77 bits per heavy atom. The molecule has 0 unspecified atom stereocenters. The summed E-state index contributed by atoms with van der Waals surface area (Å²) in [6, 6.07) is 2.02. The quantitative estimate of drug-likeness (QED) is 0.748. The van der Waals surface area contributed by atoms with E-state index in [4.69, 9.17) is 5.14 Å². The number of nitrogens with two attached hydrogens (primary N) is 1. The zero-order valence-corrected chi connectivity index (χ0v) is 13.8. The number of rotatable bonds is 6. The maximum absolute atomic E-state index is 12.1. The zero-order chi connectivity index (χ0) is 16.3. The summed E-state index contributed by atoms with van der Waals surface area (Å²) in [5, 5.41) is 9.46. The SMILES string of the molecule is CN(C)Cc1cc2n(n1)CCN(C(=O)CCCS(N)(=O)=O)C2. The lowest BCUT2D eigenvalue weighted by atomic mass is 10.2. The first-order valence-electron chi connectivity index (χ1n) is 7.23. The number of amides is 1. The van der Waals surface area contributed by atoms with Crippen LogP contribution in [-0.2, 0) is 34.5 Å². The second-order valence-electron chi connectivity index (χ2n) is 5.87. The van der Waals surface area contributed by atoms with Crippen LogP contribution < -0.4 is 5.14 Å². The highest BCUT2D eigenvalue weighted by Crippen LogP contribution is 2.15. The number of primary sulfonamides is 1. The summed E-state index contributed by atoms with van der Waals surface area (Å²) in [6.07, 6.45) is 0.467. The molecule has 1 aliphatic rings. The third kappa shape index (κ3) is 4.79. The van der Waals surface area contributed by atoms with Crippen molar-refractivity contribution in [2.75, 3.05) is 26.4 Å². The van der Waals surface area contributed by atoms with Gasteiger partial charge < -0.3 is 9.80 Å². The Kier molecular flexibility index (Phi) is 5.20. The van der Waals surface area contributed by atoms with E-state index in [0.717, 1.165) is 17.9 Å². The predicted octanol–water partition coefficient (Wildman–Crippen LogP) is -0.644. The number of nitrogens with zero attached hydrogens (tertiary/aromatic N) is 4. The van der Waals surface area contributed by atoms with E-state index < -0.39 is 10.0 Å². The summed E-state index contributed by atoms with van der Waals surface area (Å²) >= 11 is 0. The minimum absolute atomic E-state index is 0.0368. The Morgan fingerprint density at radius 2 is 2.14 bits per heavy atom. The number of aromatic nitrogens is 2. The molecular weight excluding hydrogens is 306 g/mol. The van der Waals surface area contributed by atoms with E-state index in [-0.39, 0.29) is 24.5 Å². The molecule has 0 radical (unpaired) electrons. The molecule has 0 aliphatic carbocycles. The number of hydrogen-bond donors (Lipinski definition) is 1. The Bertz CT molecular complexity index is 638. The molecule has 1 aromatic rings. The van der Waals surface area contributed by atoms with Crippen LogP contribution in [0.25, 0.3) is 0 Å². The molecule has 0 bridgehead atoms. The van der Waals surface area contributed by atoms with Crippen LogP contribution >= 0.6 is 0 Å². The molecule has 0 atom stereocenters. The molecule has 0 saturated heterocycles. The number of sulfonamides is 1. The number of hydrogen-bond acceptors (Lipinski definition) is 5. The van der Waals surface area contributed by atoms with Crippen molar-refractivity contribution in [2.45, 2.75) is 32.5 Å². The van der Waals surface area contributed by atoms with Crippen LogP contribution in [0, 0.1) is 0 Å². The summed E-state index contributed by atoms with van der Waals surface area (Å²) in [6.45, 7) is 2.56. The molecule has 1 aliphatic heterocycles. The molecule has 8 nitrogen and oxygen atoms in total. The van der Waals surface area contributed by atoms with E-state index in [1.54, 1.807) is 4.90 Å². The summed E-state index contributed by atoms with van der Waals surface area (Å²) in [7, 11) is 0.475. The molecule has 0 aromatic carbocycles. The number of carbonyl (C=O) groups is 1. The van der Waals surface area contributed by atoms with Gasteiger partial charge in [0.05, 0.1) is 30.2 Å². The summed E-state index contributed by atoms with van der Waals surface area (Å²) < 4.78 is 23.7. The van der Waals surface area contributed by atoms with E-state index >= 15 is 0 Å². The molecule has 2 rings (SSSR count). The van der Waals surface area contributed by atoms with E-state index in [1.165, 1.54) is 0 Å². The monoisotopic (exact) mass is 329 g/mol. The summed E-state index contributed by atoms with van der Waals surface area (Å²) in [5.74, 6) is -0.192. The average Bonchev–Trinajstić information content (AvgIpc) is 2.76. The molecule has 1 amide bonds. The van der Waals surface area contributed by atoms with Crippen LogP contribution in [-0.4, -0.2) is 60.3 Å². The normalized spacial score (nSPS) is 15.2. The molecule has 0 fully saturated rings. The van der Waals surface area contributed by atoms with Crippen LogP contribution in [0.3, 0.4) is 0 Å². The lowest BCUT2D eigenvalue weighted by Gasteiger charge is -2.27. The minimum atomic E-state index is -3.50. The fourth-order valence-electron chi connectivity index (χ4n) is 2.52. The van der Waals surface area contributed by atoms with Crippen molar-refractivity contribution in [2.24, 2.45) is 5.14 Å². The fraction of sp³-hybridized carbons (Fsp3) is 0.692. The van der Waals surface area contributed by atoms with Crippen LogP contribution in [0.5, 0.6) is 0 Å². The standard InChI is InChI=1S/C13H23N5O3S/c1-16(2)9-11-8-12-10-17(5-6-18(12)15-11)13(19)4-3-7-22(14,20)21/h8H,3-7,9-10H2,1-2H3,(H2,14,20,21). The fourth-order valence-corrected chi connectivity index (χ4v) is 3.07. The lowest BCUT2D eigenvalue weighted by Crippen LogP contribution is -2.38. The van der Waals surface area contributed by atoms with Gasteiger partial charge in [-0.25, -0.2) is 13.6 Å². The van der Waals surface area contributed by atoms with Gasteiger partial charge in [0, 0.05) is 19.5 Å². The first-order chi connectivity index (χ1) is 10.2. The summed E-state index contributed by atoms with van der Waals surface area (Å²) in [5.41, 5.74) is 2.01. The van der Waals surface area contributed by atoms with Crippen LogP contribution in [0.4, 0.5) is 0 Å². The van der Waals surface area contributed by atoms with Crippen molar-refractivity contribution in [3.05, 3.63) is 17.5 Å². The molecule has 2 heterocycles. The van der Waals surface area contributed by atoms with Gasteiger partial charge in [0.15, 0.2) is 0 Å². The van der Waals surface area contributed by atoms with Crippen molar-refractivity contribution < 1.29 is 13.2 Å². The molecule has 22 heavy (non-hydrogen) atoms. The van der Waals surface area contributed by atoms with Gasteiger partial charge in [0.2, 0.25) is 15.9 Å².